The third kappa shape index (κ3) is 1.81. The first kappa shape index (κ1) is 9.73. The van der Waals surface area contributed by atoms with Gasteiger partial charge in [0, 0.05) is 18.7 Å². The fraction of sp³-hybridized carbons (Fsp3) is 0.636. The number of aromatic nitrogens is 2. The number of fused-ring (bicyclic) bond motifs is 3. The molecular formula is C11H14BrN3. The molecule has 1 aromatic rings. The Balaban J connectivity index is 1.88. The van der Waals surface area contributed by atoms with Gasteiger partial charge in [0.25, 0.3) is 0 Å². The first-order chi connectivity index (χ1) is 7.33. The zero-order valence-electron chi connectivity index (χ0n) is 8.56. The average molecular weight is 268 g/mol. The van der Waals surface area contributed by atoms with Gasteiger partial charge in [-0.25, -0.2) is 4.98 Å². The van der Waals surface area contributed by atoms with Crippen LogP contribution in [0.25, 0.3) is 0 Å². The highest BCUT2D eigenvalue weighted by Gasteiger charge is 2.35. The minimum Gasteiger partial charge on any atom is -0.303 e. The van der Waals surface area contributed by atoms with Gasteiger partial charge in [0.1, 0.15) is 4.60 Å². The van der Waals surface area contributed by atoms with E-state index in [0.717, 1.165) is 10.5 Å². The zero-order valence-corrected chi connectivity index (χ0v) is 10.2. The Morgan fingerprint density at radius 2 is 2.07 bits per heavy atom. The highest BCUT2D eigenvalue weighted by Crippen LogP contribution is 2.38. The summed E-state index contributed by atoms with van der Waals surface area (Å²) in [5.41, 5.74) is 1.17. The van der Waals surface area contributed by atoms with Gasteiger partial charge in [0.2, 0.25) is 0 Å². The van der Waals surface area contributed by atoms with E-state index in [-0.39, 0.29) is 0 Å². The molecule has 1 atom stereocenters. The Hall–Kier alpha value is -0.480. The van der Waals surface area contributed by atoms with E-state index in [4.69, 9.17) is 0 Å². The van der Waals surface area contributed by atoms with E-state index in [9.17, 15) is 0 Å². The Kier molecular flexibility index (Phi) is 2.48. The van der Waals surface area contributed by atoms with E-state index >= 15 is 0 Å². The molecular weight excluding hydrogens is 254 g/mol. The number of halogens is 1. The molecule has 3 aliphatic heterocycles. The van der Waals surface area contributed by atoms with Crippen molar-refractivity contribution in [2.24, 2.45) is 5.92 Å². The van der Waals surface area contributed by atoms with E-state index in [1.165, 1.54) is 38.2 Å². The zero-order chi connectivity index (χ0) is 10.3. The summed E-state index contributed by atoms with van der Waals surface area (Å²) in [5.74, 6) is 1.44. The van der Waals surface area contributed by atoms with Crippen LogP contribution in [0.5, 0.6) is 0 Å². The molecule has 15 heavy (non-hydrogen) atoms. The van der Waals surface area contributed by atoms with Crippen LogP contribution in [0.4, 0.5) is 0 Å². The Bertz CT molecular complexity index is 361. The van der Waals surface area contributed by atoms with Crippen LogP contribution in [0.3, 0.4) is 0 Å². The van der Waals surface area contributed by atoms with Crippen LogP contribution in [0.15, 0.2) is 17.0 Å². The van der Waals surface area contributed by atoms with Gasteiger partial charge in [0.15, 0.2) is 0 Å². The van der Waals surface area contributed by atoms with Crippen LogP contribution < -0.4 is 0 Å². The molecule has 3 saturated heterocycles. The van der Waals surface area contributed by atoms with E-state index < -0.39 is 0 Å². The quantitative estimate of drug-likeness (QED) is 0.780. The second-order valence-electron chi connectivity index (χ2n) is 4.51. The van der Waals surface area contributed by atoms with E-state index in [2.05, 4.69) is 30.8 Å². The topological polar surface area (TPSA) is 29.0 Å². The summed E-state index contributed by atoms with van der Waals surface area (Å²) in [4.78, 5) is 11.3. The monoisotopic (exact) mass is 267 g/mol. The molecule has 0 saturated carbocycles. The lowest BCUT2D eigenvalue weighted by molar-refractivity contribution is 0.0852. The first-order valence-electron chi connectivity index (χ1n) is 5.53. The Morgan fingerprint density at radius 1 is 1.27 bits per heavy atom. The largest absolute Gasteiger partial charge is 0.303 e. The molecule has 0 radical (unpaired) electrons. The van der Waals surface area contributed by atoms with Gasteiger partial charge in [-0.2, -0.15) is 0 Å². The van der Waals surface area contributed by atoms with Gasteiger partial charge in [-0.05, 0) is 47.8 Å². The number of piperidine rings is 3. The highest BCUT2D eigenvalue weighted by atomic mass is 79.9. The summed E-state index contributed by atoms with van der Waals surface area (Å²) in [6.07, 6.45) is 6.35. The van der Waals surface area contributed by atoms with Crippen LogP contribution in [-0.2, 0) is 0 Å². The third-order valence-corrected chi connectivity index (χ3v) is 4.04. The summed E-state index contributed by atoms with van der Waals surface area (Å²) in [7, 11) is 0. The van der Waals surface area contributed by atoms with Crippen LogP contribution in [0.2, 0.25) is 0 Å². The molecule has 4 heterocycles. The fourth-order valence-electron chi connectivity index (χ4n) is 2.83. The van der Waals surface area contributed by atoms with Gasteiger partial charge in [0.05, 0.1) is 11.9 Å². The van der Waals surface area contributed by atoms with Crippen molar-refractivity contribution in [1.82, 2.24) is 14.9 Å². The van der Waals surface area contributed by atoms with Crippen molar-refractivity contribution in [3.05, 3.63) is 22.7 Å². The fourth-order valence-corrected chi connectivity index (χ4v) is 3.16. The van der Waals surface area contributed by atoms with Gasteiger partial charge in [-0.3, -0.25) is 4.98 Å². The Labute approximate surface area is 98.0 Å². The van der Waals surface area contributed by atoms with Crippen molar-refractivity contribution >= 4 is 15.9 Å². The lowest BCUT2D eigenvalue weighted by Gasteiger charge is -2.44. The maximum Gasteiger partial charge on any atom is 0.124 e. The summed E-state index contributed by atoms with van der Waals surface area (Å²) >= 11 is 3.39. The normalized spacial score (nSPS) is 34.3. The third-order valence-electron chi connectivity index (χ3n) is 3.66. The number of hydrogen-bond donors (Lipinski definition) is 0. The smallest absolute Gasteiger partial charge is 0.124 e. The predicted octanol–water partition coefficient (Wildman–Crippen LogP) is 2.05. The molecule has 0 aromatic carbocycles. The summed E-state index contributed by atoms with van der Waals surface area (Å²) in [6, 6.07) is 0. The maximum atomic E-state index is 4.54. The molecule has 4 rings (SSSR count). The van der Waals surface area contributed by atoms with E-state index in [0.29, 0.717) is 5.92 Å². The van der Waals surface area contributed by atoms with Crippen molar-refractivity contribution in [2.75, 3.05) is 19.6 Å². The molecule has 0 N–H and O–H groups in total. The van der Waals surface area contributed by atoms with Crippen LogP contribution in [0.1, 0.15) is 24.5 Å². The first-order valence-corrected chi connectivity index (χ1v) is 6.32. The van der Waals surface area contributed by atoms with Crippen molar-refractivity contribution < 1.29 is 0 Å². The van der Waals surface area contributed by atoms with Crippen molar-refractivity contribution in [3.63, 3.8) is 0 Å². The van der Waals surface area contributed by atoms with E-state index in [1.54, 1.807) is 6.20 Å². The molecule has 80 valence electrons. The van der Waals surface area contributed by atoms with Crippen LogP contribution in [-0.4, -0.2) is 34.5 Å². The molecule has 0 spiro atoms. The minimum absolute atomic E-state index is 0.609. The molecule has 0 aliphatic carbocycles. The van der Waals surface area contributed by atoms with Crippen LogP contribution >= 0.6 is 15.9 Å². The highest BCUT2D eigenvalue weighted by molar-refractivity contribution is 9.10. The second-order valence-corrected chi connectivity index (χ2v) is 5.32. The lowest BCUT2D eigenvalue weighted by atomic mass is 9.77. The summed E-state index contributed by atoms with van der Waals surface area (Å²) in [6.45, 7) is 3.74. The van der Waals surface area contributed by atoms with Crippen molar-refractivity contribution in [1.29, 1.82) is 0 Å². The lowest BCUT2D eigenvalue weighted by Crippen LogP contribution is -2.46. The minimum atomic E-state index is 0.609. The molecule has 0 amide bonds. The predicted molar refractivity (Wildman–Crippen MR) is 61.6 cm³/mol. The Morgan fingerprint density at radius 3 is 2.67 bits per heavy atom. The van der Waals surface area contributed by atoms with Gasteiger partial charge in [-0.15, -0.1) is 0 Å². The molecule has 2 bridgehead atoms. The SMILES string of the molecule is Brc1cncc([C@H]2CN3CCC2CC3)n1. The summed E-state index contributed by atoms with van der Waals surface area (Å²) in [5, 5.41) is 0. The molecule has 0 unspecified atom stereocenters. The van der Waals surface area contributed by atoms with Crippen molar-refractivity contribution in [2.45, 2.75) is 18.8 Å². The average Bonchev–Trinajstić information content (AvgIpc) is 2.30. The molecule has 3 fully saturated rings. The maximum absolute atomic E-state index is 4.54. The molecule has 1 aromatic heterocycles. The van der Waals surface area contributed by atoms with E-state index in [1.807, 2.05) is 6.20 Å². The summed E-state index contributed by atoms with van der Waals surface area (Å²) < 4.78 is 0.858. The second kappa shape index (κ2) is 3.83. The number of rotatable bonds is 1. The molecule has 3 aliphatic rings. The van der Waals surface area contributed by atoms with Crippen LogP contribution in [0, 0.1) is 5.92 Å². The van der Waals surface area contributed by atoms with Gasteiger partial charge < -0.3 is 4.90 Å². The standard InChI is InChI=1S/C11H14BrN3/c12-11-6-13-5-10(14-11)9-7-15-3-1-8(9)2-4-15/h5-6,8-9H,1-4,7H2/t9-/m0/s1. The number of nitrogens with zero attached hydrogens (tertiary/aromatic N) is 3. The van der Waals surface area contributed by atoms with Gasteiger partial charge in [-0.1, -0.05) is 0 Å². The molecule has 4 heteroatoms. The van der Waals surface area contributed by atoms with Crippen molar-refractivity contribution in [3.8, 4) is 0 Å². The number of hydrogen-bond acceptors (Lipinski definition) is 3. The molecule has 3 nitrogen and oxygen atoms in total. The van der Waals surface area contributed by atoms with Gasteiger partial charge >= 0.3 is 0 Å².